The van der Waals surface area contributed by atoms with E-state index in [9.17, 15) is 12.8 Å². The van der Waals surface area contributed by atoms with Gasteiger partial charge in [0.2, 0.25) is 10.0 Å². The molecule has 0 aliphatic carbocycles. The predicted molar refractivity (Wildman–Crippen MR) is 78.5 cm³/mol. The Morgan fingerprint density at radius 2 is 1.75 bits per heavy atom. The molecule has 0 fully saturated rings. The quantitative estimate of drug-likeness (QED) is 0.845. The number of hydrogen-bond acceptors (Lipinski definition) is 3. The number of benzene rings is 1. The molecule has 114 valence electrons. The van der Waals surface area contributed by atoms with Crippen LogP contribution in [-0.2, 0) is 10.0 Å². The van der Waals surface area contributed by atoms with Gasteiger partial charge in [0.1, 0.15) is 5.82 Å². The second kappa shape index (κ2) is 6.65. The van der Waals surface area contributed by atoms with Crippen LogP contribution in [0.5, 0.6) is 0 Å². The Kier molecular flexibility index (Phi) is 5.68. The lowest BCUT2D eigenvalue weighted by molar-refractivity contribution is 0.485. The van der Waals surface area contributed by atoms with Crippen molar-refractivity contribution in [2.45, 2.75) is 45.1 Å². The van der Waals surface area contributed by atoms with E-state index in [1.807, 2.05) is 13.8 Å². The van der Waals surface area contributed by atoms with Crippen molar-refractivity contribution in [2.24, 2.45) is 11.7 Å². The van der Waals surface area contributed by atoms with Crippen LogP contribution in [-0.4, -0.2) is 21.0 Å². The molecule has 6 heteroatoms. The van der Waals surface area contributed by atoms with Gasteiger partial charge >= 0.3 is 0 Å². The molecule has 1 unspecified atom stereocenters. The average Bonchev–Trinajstić information content (AvgIpc) is 2.23. The van der Waals surface area contributed by atoms with Crippen LogP contribution in [0.2, 0.25) is 0 Å². The molecule has 0 saturated carbocycles. The van der Waals surface area contributed by atoms with E-state index >= 15 is 0 Å². The van der Waals surface area contributed by atoms with Crippen LogP contribution >= 0.6 is 0 Å². The highest BCUT2D eigenvalue weighted by atomic mass is 32.2. The van der Waals surface area contributed by atoms with Crippen molar-refractivity contribution >= 4 is 10.0 Å². The minimum absolute atomic E-state index is 0.135. The van der Waals surface area contributed by atoms with Gasteiger partial charge in [0.25, 0.3) is 0 Å². The minimum Gasteiger partial charge on any atom is -0.327 e. The normalized spacial score (nSPS) is 13.8. The predicted octanol–water partition coefficient (Wildman–Crippen LogP) is 2.09. The lowest BCUT2D eigenvalue weighted by atomic mass is 10.1. The summed E-state index contributed by atoms with van der Waals surface area (Å²) in [5.74, 6) is -0.0285. The van der Waals surface area contributed by atoms with E-state index in [0.717, 1.165) is 6.42 Å². The Bertz CT molecular complexity index is 548. The highest BCUT2D eigenvalue weighted by Gasteiger charge is 2.21. The number of sulfonamides is 1. The Balaban J connectivity index is 2.90. The number of nitrogens with two attached hydrogens (primary N) is 1. The maximum Gasteiger partial charge on any atom is 0.241 e. The summed E-state index contributed by atoms with van der Waals surface area (Å²) in [6.07, 6.45) is 0.740. The molecule has 20 heavy (non-hydrogen) atoms. The summed E-state index contributed by atoms with van der Waals surface area (Å²) in [5, 5.41) is 0. The van der Waals surface area contributed by atoms with Gasteiger partial charge < -0.3 is 5.73 Å². The zero-order valence-corrected chi connectivity index (χ0v) is 13.2. The zero-order chi connectivity index (χ0) is 15.5. The lowest BCUT2D eigenvalue weighted by Crippen LogP contribution is -2.38. The van der Waals surface area contributed by atoms with Gasteiger partial charge in [-0.15, -0.1) is 0 Å². The topological polar surface area (TPSA) is 72.2 Å². The Hall–Kier alpha value is -0.980. The first-order valence-electron chi connectivity index (χ1n) is 6.65. The highest BCUT2D eigenvalue weighted by molar-refractivity contribution is 7.89. The molecule has 1 atom stereocenters. The van der Waals surface area contributed by atoms with Gasteiger partial charge in [-0.25, -0.2) is 17.5 Å². The van der Waals surface area contributed by atoms with E-state index in [1.165, 1.54) is 12.1 Å². The van der Waals surface area contributed by atoms with Gasteiger partial charge in [0, 0.05) is 12.6 Å². The third-order valence-electron chi connectivity index (χ3n) is 3.00. The lowest BCUT2D eigenvalue weighted by Gasteiger charge is -2.17. The van der Waals surface area contributed by atoms with Gasteiger partial charge in [-0.2, -0.15) is 0 Å². The van der Waals surface area contributed by atoms with Crippen LogP contribution in [0.25, 0.3) is 0 Å². The van der Waals surface area contributed by atoms with E-state index in [0.29, 0.717) is 17.0 Å². The number of nitrogens with one attached hydrogen (secondary N) is 1. The van der Waals surface area contributed by atoms with E-state index in [-0.39, 0.29) is 17.5 Å². The first-order chi connectivity index (χ1) is 9.13. The van der Waals surface area contributed by atoms with Crippen molar-refractivity contribution < 1.29 is 12.8 Å². The summed E-state index contributed by atoms with van der Waals surface area (Å²) >= 11 is 0. The highest BCUT2D eigenvalue weighted by Crippen LogP contribution is 2.21. The van der Waals surface area contributed by atoms with Gasteiger partial charge in [-0.05, 0) is 49.4 Å². The molecule has 1 aromatic carbocycles. The summed E-state index contributed by atoms with van der Waals surface area (Å²) in [6.45, 7) is 7.40. The molecule has 1 aromatic rings. The van der Waals surface area contributed by atoms with Crippen LogP contribution in [0, 0.1) is 25.6 Å². The molecular weight excluding hydrogens is 279 g/mol. The monoisotopic (exact) mass is 302 g/mol. The average molecular weight is 302 g/mol. The van der Waals surface area contributed by atoms with Crippen molar-refractivity contribution in [3.05, 3.63) is 29.1 Å². The van der Waals surface area contributed by atoms with Gasteiger partial charge in [0.15, 0.2) is 0 Å². The summed E-state index contributed by atoms with van der Waals surface area (Å²) < 4.78 is 40.3. The number of halogens is 1. The fraction of sp³-hybridized carbons (Fsp3) is 0.571. The molecule has 0 amide bonds. The van der Waals surface area contributed by atoms with Crippen LogP contribution < -0.4 is 10.5 Å². The standard InChI is InChI=1S/C14H23FN2O2S/c1-9(2)5-13(16)8-17-20(18,19)14-10(3)6-12(15)7-11(14)4/h6-7,9,13,17H,5,8,16H2,1-4H3. The van der Waals surface area contributed by atoms with Gasteiger partial charge in [-0.1, -0.05) is 13.8 Å². The fourth-order valence-electron chi connectivity index (χ4n) is 2.30. The molecule has 3 N–H and O–H groups in total. The van der Waals surface area contributed by atoms with Crippen molar-refractivity contribution in [3.63, 3.8) is 0 Å². The fourth-order valence-corrected chi connectivity index (χ4v) is 3.84. The first-order valence-corrected chi connectivity index (χ1v) is 8.13. The van der Waals surface area contributed by atoms with Crippen LogP contribution in [0.4, 0.5) is 4.39 Å². The number of aryl methyl sites for hydroxylation is 2. The van der Waals surface area contributed by atoms with Crippen molar-refractivity contribution in [1.29, 1.82) is 0 Å². The second-order valence-electron chi connectivity index (χ2n) is 5.61. The Morgan fingerprint density at radius 1 is 1.25 bits per heavy atom. The zero-order valence-electron chi connectivity index (χ0n) is 12.4. The summed E-state index contributed by atoms with van der Waals surface area (Å²) in [4.78, 5) is 0.135. The van der Waals surface area contributed by atoms with E-state index in [1.54, 1.807) is 13.8 Å². The van der Waals surface area contributed by atoms with Crippen molar-refractivity contribution in [1.82, 2.24) is 4.72 Å². The molecule has 0 radical (unpaired) electrons. The van der Waals surface area contributed by atoms with Crippen LogP contribution in [0.15, 0.2) is 17.0 Å². The summed E-state index contributed by atoms with van der Waals surface area (Å²) in [5.41, 5.74) is 6.66. The number of hydrogen-bond donors (Lipinski definition) is 2. The molecule has 0 saturated heterocycles. The van der Waals surface area contributed by atoms with E-state index in [4.69, 9.17) is 5.73 Å². The Labute approximate surface area is 120 Å². The SMILES string of the molecule is Cc1cc(F)cc(C)c1S(=O)(=O)NCC(N)CC(C)C. The Morgan fingerprint density at radius 3 is 2.20 bits per heavy atom. The third kappa shape index (κ3) is 4.54. The molecule has 0 aliphatic rings. The van der Waals surface area contributed by atoms with Crippen molar-refractivity contribution in [3.8, 4) is 0 Å². The molecule has 0 aromatic heterocycles. The van der Waals surface area contributed by atoms with Crippen LogP contribution in [0.3, 0.4) is 0 Å². The largest absolute Gasteiger partial charge is 0.327 e. The maximum absolute atomic E-state index is 13.2. The van der Waals surface area contributed by atoms with Crippen molar-refractivity contribution in [2.75, 3.05) is 6.54 Å². The van der Waals surface area contributed by atoms with E-state index < -0.39 is 15.8 Å². The summed E-state index contributed by atoms with van der Waals surface area (Å²) in [6, 6.07) is 2.21. The molecule has 4 nitrogen and oxygen atoms in total. The molecule has 0 aliphatic heterocycles. The minimum atomic E-state index is -3.67. The second-order valence-corrected chi connectivity index (χ2v) is 7.31. The molecule has 0 bridgehead atoms. The van der Waals surface area contributed by atoms with E-state index in [2.05, 4.69) is 4.72 Å². The maximum atomic E-state index is 13.2. The molecule has 1 rings (SSSR count). The smallest absolute Gasteiger partial charge is 0.241 e. The molecule has 0 spiro atoms. The molecule has 0 heterocycles. The summed E-state index contributed by atoms with van der Waals surface area (Å²) in [7, 11) is -3.67. The van der Waals surface area contributed by atoms with Gasteiger partial charge in [0.05, 0.1) is 4.90 Å². The van der Waals surface area contributed by atoms with Gasteiger partial charge in [-0.3, -0.25) is 0 Å². The number of rotatable bonds is 6. The first kappa shape index (κ1) is 17.1. The molecular formula is C14H23FN2O2S. The third-order valence-corrected chi connectivity index (χ3v) is 4.73. The van der Waals surface area contributed by atoms with Crippen LogP contribution in [0.1, 0.15) is 31.4 Å².